The molecule has 3 heteroatoms. The summed E-state index contributed by atoms with van der Waals surface area (Å²) in [4.78, 5) is 14.6. The maximum atomic E-state index is 10.6. The predicted octanol–water partition coefficient (Wildman–Crippen LogP) is 3.19. The molecule has 1 aromatic rings. The summed E-state index contributed by atoms with van der Waals surface area (Å²) < 4.78 is 5.41. The standard InChI is InChI=1S/C14H17NO2/c1-2-17-13-7-5-12(6-8-13)14(15-11-16)9-3-4-10-14/h5-8H,2-4,9-10H2,1H3. The van der Waals surface area contributed by atoms with Gasteiger partial charge in [0, 0.05) is 0 Å². The van der Waals surface area contributed by atoms with E-state index in [-0.39, 0.29) is 5.54 Å². The molecule has 0 spiro atoms. The second-order valence-electron chi connectivity index (χ2n) is 4.40. The number of rotatable bonds is 4. The van der Waals surface area contributed by atoms with Gasteiger partial charge in [0.25, 0.3) is 0 Å². The molecule has 90 valence electrons. The van der Waals surface area contributed by atoms with Crippen molar-refractivity contribution in [2.24, 2.45) is 4.99 Å². The normalized spacial score (nSPS) is 17.5. The fourth-order valence-electron chi connectivity index (χ4n) is 2.54. The lowest BCUT2D eigenvalue weighted by Crippen LogP contribution is -2.18. The Morgan fingerprint density at radius 3 is 2.47 bits per heavy atom. The molecule has 0 amide bonds. The molecule has 0 atom stereocenters. The van der Waals surface area contributed by atoms with Crippen LogP contribution in [0.3, 0.4) is 0 Å². The Morgan fingerprint density at radius 2 is 1.94 bits per heavy atom. The lowest BCUT2D eigenvalue weighted by molar-refractivity contribution is 0.339. The minimum absolute atomic E-state index is 0.327. The molecule has 0 radical (unpaired) electrons. The van der Waals surface area contributed by atoms with Crippen molar-refractivity contribution in [3.63, 3.8) is 0 Å². The van der Waals surface area contributed by atoms with Crippen LogP contribution in [-0.4, -0.2) is 12.7 Å². The van der Waals surface area contributed by atoms with Gasteiger partial charge in [0.2, 0.25) is 6.08 Å². The van der Waals surface area contributed by atoms with Crippen molar-refractivity contribution in [2.75, 3.05) is 6.61 Å². The molecule has 1 aliphatic rings. The zero-order valence-corrected chi connectivity index (χ0v) is 10.1. The van der Waals surface area contributed by atoms with Gasteiger partial charge in [-0.25, -0.2) is 4.79 Å². The van der Waals surface area contributed by atoms with E-state index in [1.807, 2.05) is 31.2 Å². The zero-order valence-electron chi connectivity index (χ0n) is 10.1. The van der Waals surface area contributed by atoms with Crippen molar-refractivity contribution >= 4 is 6.08 Å². The third-order valence-corrected chi connectivity index (χ3v) is 3.39. The van der Waals surface area contributed by atoms with Gasteiger partial charge in [-0.1, -0.05) is 25.0 Å². The summed E-state index contributed by atoms with van der Waals surface area (Å²) in [5.41, 5.74) is 0.772. The molecule has 17 heavy (non-hydrogen) atoms. The highest BCUT2D eigenvalue weighted by molar-refractivity contribution is 5.40. The highest BCUT2D eigenvalue weighted by atomic mass is 16.5. The van der Waals surface area contributed by atoms with E-state index in [1.54, 1.807) is 6.08 Å². The number of isocyanates is 1. The molecule has 1 fully saturated rings. The highest BCUT2D eigenvalue weighted by Gasteiger charge is 2.35. The van der Waals surface area contributed by atoms with Crippen LogP contribution in [0.15, 0.2) is 29.3 Å². The van der Waals surface area contributed by atoms with Crippen LogP contribution < -0.4 is 4.74 Å². The smallest absolute Gasteiger partial charge is 0.235 e. The van der Waals surface area contributed by atoms with Crippen molar-refractivity contribution in [1.29, 1.82) is 0 Å². The topological polar surface area (TPSA) is 38.7 Å². The van der Waals surface area contributed by atoms with Gasteiger partial charge in [-0.2, -0.15) is 4.99 Å². The van der Waals surface area contributed by atoms with E-state index in [1.165, 1.54) is 0 Å². The Hall–Kier alpha value is -1.60. The van der Waals surface area contributed by atoms with Crippen molar-refractivity contribution in [1.82, 2.24) is 0 Å². The van der Waals surface area contributed by atoms with Gasteiger partial charge >= 0.3 is 0 Å². The fourth-order valence-corrected chi connectivity index (χ4v) is 2.54. The number of carbonyl (C=O) groups excluding carboxylic acids is 1. The fraction of sp³-hybridized carbons (Fsp3) is 0.500. The first-order valence-corrected chi connectivity index (χ1v) is 6.13. The monoisotopic (exact) mass is 231 g/mol. The van der Waals surface area contributed by atoms with Crippen molar-refractivity contribution in [3.05, 3.63) is 29.8 Å². The zero-order chi connectivity index (χ0) is 12.1. The number of aliphatic imine (C=N–C) groups is 1. The molecule has 1 aliphatic carbocycles. The average molecular weight is 231 g/mol. The molecule has 1 aromatic carbocycles. The van der Waals surface area contributed by atoms with E-state index in [9.17, 15) is 4.79 Å². The van der Waals surface area contributed by atoms with Crippen LogP contribution in [0, 0.1) is 0 Å². The quantitative estimate of drug-likeness (QED) is 0.589. The first-order valence-electron chi connectivity index (χ1n) is 6.13. The summed E-state index contributed by atoms with van der Waals surface area (Å²) in [6.45, 7) is 2.63. The minimum Gasteiger partial charge on any atom is -0.494 e. The lowest BCUT2D eigenvalue weighted by atomic mass is 9.89. The average Bonchev–Trinajstić information content (AvgIpc) is 2.81. The molecule has 1 saturated carbocycles. The number of nitrogens with zero attached hydrogens (tertiary/aromatic N) is 1. The van der Waals surface area contributed by atoms with Gasteiger partial charge in [-0.3, -0.25) is 0 Å². The molecular weight excluding hydrogens is 214 g/mol. The number of hydrogen-bond donors (Lipinski definition) is 0. The molecule has 0 bridgehead atoms. The summed E-state index contributed by atoms with van der Waals surface area (Å²) >= 11 is 0. The third kappa shape index (κ3) is 2.40. The number of benzene rings is 1. The Labute approximate surface area is 102 Å². The molecule has 0 aliphatic heterocycles. The Morgan fingerprint density at radius 1 is 1.29 bits per heavy atom. The molecule has 0 unspecified atom stereocenters. The molecule has 0 N–H and O–H groups in total. The van der Waals surface area contributed by atoms with Gasteiger partial charge in [-0.05, 0) is 37.5 Å². The van der Waals surface area contributed by atoms with Crippen LogP contribution in [0.5, 0.6) is 5.75 Å². The SMILES string of the molecule is CCOc1ccc(C2(N=C=O)CCCC2)cc1. The summed E-state index contributed by atoms with van der Waals surface area (Å²) in [5.74, 6) is 0.861. The number of ether oxygens (including phenoxy) is 1. The van der Waals surface area contributed by atoms with Crippen LogP contribution >= 0.6 is 0 Å². The molecular formula is C14H17NO2. The van der Waals surface area contributed by atoms with Crippen LogP contribution in [0.2, 0.25) is 0 Å². The molecule has 0 saturated heterocycles. The van der Waals surface area contributed by atoms with Crippen LogP contribution in [0.1, 0.15) is 38.2 Å². The molecule has 3 nitrogen and oxygen atoms in total. The minimum atomic E-state index is -0.327. The Balaban J connectivity index is 2.27. The van der Waals surface area contributed by atoms with Crippen LogP contribution in [-0.2, 0) is 10.3 Å². The highest BCUT2D eigenvalue weighted by Crippen LogP contribution is 2.42. The van der Waals surface area contributed by atoms with Gasteiger partial charge in [0.1, 0.15) is 5.75 Å². The first-order chi connectivity index (χ1) is 8.30. The van der Waals surface area contributed by atoms with E-state index >= 15 is 0 Å². The second kappa shape index (κ2) is 5.15. The lowest BCUT2D eigenvalue weighted by Gasteiger charge is -2.22. The maximum absolute atomic E-state index is 10.6. The van der Waals surface area contributed by atoms with Gasteiger partial charge in [0.05, 0.1) is 12.1 Å². The third-order valence-electron chi connectivity index (χ3n) is 3.39. The summed E-state index contributed by atoms with van der Waals surface area (Å²) in [6.07, 6.45) is 5.86. The van der Waals surface area contributed by atoms with Gasteiger partial charge < -0.3 is 4.74 Å². The van der Waals surface area contributed by atoms with E-state index in [0.29, 0.717) is 6.61 Å². The van der Waals surface area contributed by atoms with E-state index in [4.69, 9.17) is 4.74 Å². The molecule has 2 rings (SSSR count). The predicted molar refractivity (Wildman–Crippen MR) is 65.9 cm³/mol. The summed E-state index contributed by atoms with van der Waals surface area (Å²) in [5, 5.41) is 0. The first kappa shape index (κ1) is 11.9. The Kier molecular flexibility index (Phi) is 3.60. The van der Waals surface area contributed by atoms with E-state index in [0.717, 1.165) is 37.0 Å². The second-order valence-corrected chi connectivity index (χ2v) is 4.40. The van der Waals surface area contributed by atoms with Crippen molar-refractivity contribution in [2.45, 2.75) is 38.1 Å². The van der Waals surface area contributed by atoms with Crippen molar-refractivity contribution in [3.8, 4) is 5.75 Å². The van der Waals surface area contributed by atoms with Gasteiger partial charge in [0.15, 0.2) is 0 Å². The van der Waals surface area contributed by atoms with Gasteiger partial charge in [-0.15, -0.1) is 0 Å². The maximum Gasteiger partial charge on any atom is 0.235 e. The summed E-state index contributed by atoms with van der Waals surface area (Å²) in [7, 11) is 0. The van der Waals surface area contributed by atoms with Crippen LogP contribution in [0.4, 0.5) is 0 Å². The number of hydrogen-bond acceptors (Lipinski definition) is 3. The van der Waals surface area contributed by atoms with E-state index < -0.39 is 0 Å². The Bertz CT molecular complexity index is 412. The van der Waals surface area contributed by atoms with E-state index in [2.05, 4.69) is 4.99 Å². The largest absolute Gasteiger partial charge is 0.494 e. The summed E-state index contributed by atoms with van der Waals surface area (Å²) in [6, 6.07) is 7.91. The van der Waals surface area contributed by atoms with Crippen LogP contribution in [0.25, 0.3) is 0 Å². The molecule has 0 heterocycles. The molecule has 0 aromatic heterocycles. The van der Waals surface area contributed by atoms with Crippen molar-refractivity contribution < 1.29 is 9.53 Å².